The first-order valence-electron chi connectivity index (χ1n) is 6.42. The lowest BCUT2D eigenvalue weighted by atomic mass is 10.1. The highest BCUT2D eigenvalue weighted by molar-refractivity contribution is 5.96. The molecule has 2 heterocycles. The fraction of sp³-hybridized carbons (Fsp3) is 0.214. The van der Waals surface area contributed by atoms with Crippen molar-refractivity contribution in [2.45, 2.75) is 19.3 Å². The van der Waals surface area contributed by atoms with Gasteiger partial charge >= 0.3 is 6.18 Å². The van der Waals surface area contributed by atoms with Crippen LogP contribution in [0.5, 0.6) is 0 Å². The van der Waals surface area contributed by atoms with Gasteiger partial charge in [-0.15, -0.1) is 0 Å². The highest BCUT2D eigenvalue weighted by atomic mass is 19.4. The Morgan fingerprint density at radius 3 is 2.68 bits per heavy atom. The van der Waals surface area contributed by atoms with Gasteiger partial charge in [-0.2, -0.15) is 13.2 Å². The van der Waals surface area contributed by atoms with Gasteiger partial charge in [0.15, 0.2) is 0 Å². The zero-order valence-corrected chi connectivity index (χ0v) is 11.3. The van der Waals surface area contributed by atoms with Gasteiger partial charge in [0.25, 0.3) is 5.91 Å². The van der Waals surface area contributed by atoms with Crippen molar-refractivity contribution in [1.29, 1.82) is 0 Å². The third-order valence-corrected chi connectivity index (χ3v) is 3.42. The number of fused-ring (bicyclic) bond motifs is 1. The number of nitrogens with zero attached hydrogens (tertiary/aromatic N) is 3. The average Bonchev–Trinajstić information content (AvgIpc) is 2.88. The minimum absolute atomic E-state index is 0.0729. The molecule has 5 nitrogen and oxygen atoms in total. The standard InChI is InChI=1S/C14H11F3N4O/c15-14(16,17)10-4-2-1-3-9(10)12(22)21-6-8-5-19-13(18)20-11(8)7-21/h1-5H,6-7H2,(H2,18,19,20). The number of carbonyl (C=O) groups is 1. The minimum atomic E-state index is -4.58. The van der Waals surface area contributed by atoms with Crippen LogP contribution < -0.4 is 5.73 Å². The van der Waals surface area contributed by atoms with Crippen molar-refractivity contribution >= 4 is 11.9 Å². The lowest BCUT2D eigenvalue weighted by molar-refractivity contribution is -0.138. The third-order valence-electron chi connectivity index (χ3n) is 3.42. The van der Waals surface area contributed by atoms with Crippen LogP contribution in [0, 0.1) is 0 Å². The number of nitrogen functional groups attached to an aromatic ring is 1. The van der Waals surface area contributed by atoms with Crippen LogP contribution in [0.4, 0.5) is 19.1 Å². The zero-order valence-electron chi connectivity index (χ0n) is 11.3. The molecule has 0 fully saturated rings. The number of rotatable bonds is 1. The Kier molecular flexibility index (Phi) is 3.23. The zero-order chi connectivity index (χ0) is 15.9. The molecular weight excluding hydrogens is 297 g/mol. The summed E-state index contributed by atoms with van der Waals surface area (Å²) in [4.78, 5) is 21.5. The van der Waals surface area contributed by atoms with Crippen LogP contribution in [0.3, 0.4) is 0 Å². The number of aromatic nitrogens is 2. The topological polar surface area (TPSA) is 72.1 Å². The van der Waals surface area contributed by atoms with Gasteiger partial charge in [0.05, 0.1) is 23.4 Å². The first-order valence-corrected chi connectivity index (χ1v) is 6.42. The fourth-order valence-electron chi connectivity index (χ4n) is 2.40. The van der Waals surface area contributed by atoms with Crippen LogP contribution >= 0.6 is 0 Å². The van der Waals surface area contributed by atoms with Crippen LogP contribution in [0.2, 0.25) is 0 Å². The summed E-state index contributed by atoms with van der Waals surface area (Å²) in [5, 5.41) is 0. The minimum Gasteiger partial charge on any atom is -0.368 e. The normalized spacial score (nSPS) is 14.0. The van der Waals surface area contributed by atoms with Crippen LogP contribution in [-0.2, 0) is 19.3 Å². The summed E-state index contributed by atoms with van der Waals surface area (Å²) in [5.74, 6) is -0.617. The van der Waals surface area contributed by atoms with E-state index in [4.69, 9.17) is 5.73 Å². The molecule has 0 atom stereocenters. The molecule has 2 aromatic rings. The monoisotopic (exact) mass is 308 g/mol. The largest absolute Gasteiger partial charge is 0.417 e. The van der Waals surface area contributed by atoms with Crippen molar-refractivity contribution in [1.82, 2.24) is 14.9 Å². The number of halogens is 3. The number of alkyl halides is 3. The van der Waals surface area contributed by atoms with Crippen LogP contribution in [0.15, 0.2) is 30.5 Å². The summed E-state index contributed by atoms with van der Waals surface area (Å²) < 4.78 is 39.0. The Labute approximate surface area is 123 Å². The highest BCUT2D eigenvalue weighted by Gasteiger charge is 2.37. The van der Waals surface area contributed by atoms with Gasteiger partial charge in [-0.3, -0.25) is 4.79 Å². The maximum Gasteiger partial charge on any atom is 0.417 e. The summed E-state index contributed by atoms with van der Waals surface area (Å²) in [6.07, 6.45) is -3.09. The number of amides is 1. The molecular formula is C14H11F3N4O. The fourth-order valence-corrected chi connectivity index (χ4v) is 2.40. The molecule has 1 aliphatic heterocycles. The molecule has 22 heavy (non-hydrogen) atoms. The number of hydrogen-bond acceptors (Lipinski definition) is 4. The number of benzene rings is 1. The van der Waals surface area contributed by atoms with Crippen LogP contribution in [0.1, 0.15) is 27.2 Å². The van der Waals surface area contributed by atoms with E-state index in [1.165, 1.54) is 29.3 Å². The van der Waals surface area contributed by atoms with Gasteiger partial charge in [0.2, 0.25) is 5.95 Å². The summed E-state index contributed by atoms with van der Waals surface area (Å²) >= 11 is 0. The van der Waals surface area contributed by atoms with E-state index in [1.807, 2.05) is 0 Å². The second kappa shape index (κ2) is 4.97. The van der Waals surface area contributed by atoms with E-state index < -0.39 is 17.6 Å². The average molecular weight is 308 g/mol. The van der Waals surface area contributed by atoms with Gasteiger partial charge < -0.3 is 10.6 Å². The van der Waals surface area contributed by atoms with Crippen molar-refractivity contribution in [3.05, 3.63) is 52.8 Å². The molecule has 0 saturated heterocycles. The second-order valence-corrected chi connectivity index (χ2v) is 4.90. The van der Waals surface area contributed by atoms with Gasteiger partial charge in [-0.1, -0.05) is 12.1 Å². The predicted octanol–water partition coefficient (Wildman–Crippen LogP) is 2.23. The molecule has 0 bridgehead atoms. The first kappa shape index (κ1) is 14.3. The molecule has 114 valence electrons. The molecule has 1 aliphatic rings. The molecule has 3 rings (SSSR count). The molecule has 2 N–H and O–H groups in total. The molecule has 0 aliphatic carbocycles. The second-order valence-electron chi connectivity index (χ2n) is 4.90. The van der Waals surface area contributed by atoms with Crippen molar-refractivity contribution in [2.75, 3.05) is 5.73 Å². The molecule has 1 aromatic carbocycles. The third kappa shape index (κ3) is 2.47. The Balaban J connectivity index is 1.91. The maximum atomic E-state index is 13.0. The first-order chi connectivity index (χ1) is 10.4. The highest BCUT2D eigenvalue weighted by Crippen LogP contribution is 2.33. The molecule has 1 aromatic heterocycles. The Hall–Kier alpha value is -2.64. The van der Waals surface area contributed by atoms with Crippen LogP contribution in [0.25, 0.3) is 0 Å². The van der Waals surface area contributed by atoms with E-state index >= 15 is 0 Å². The molecule has 0 saturated carbocycles. The maximum absolute atomic E-state index is 13.0. The number of anilines is 1. The van der Waals surface area contributed by atoms with Crippen molar-refractivity contribution < 1.29 is 18.0 Å². The van der Waals surface area contributed by atoms with E-state index in [9.17, 15) is 18.0 Å². The van der Waals surface area contributed by atoms with Gasteiger partial charge in [0, 0.05) is 18.3 Å². The summed E-state index contributed by atoms with van der Waals surface area (Å²) in [5.41, 5.74) is 5.40. The van der Waals surface area contributed by atoms with Gasteiger partial charge in [0.1, 0.15) is 0 Å². The van der Waals surface area contributed by atoms with Crippen molar-refractivity contribution in [3.8, 4) is 0 Å². The molecule has 8 heteroatoms. The summed E-state index contributed by atoms with van der Waals surface area (Å²) in [7, 11) is 0. The van der Waals surface area contributed by atoms with E-state index in [0.717, 1.165) is 6.07 Å². The quantitative estimate of drug-likeness (QED) is 0.877. The van der Waals surface area contributed by atoms with E-state index in [2.05, 4.69) is 9.97 Å². The SMILES string of the molecule is Nc1ncc2c(n1)CN(C(=O)c1ccccc1C(F)(F)F)C2. The van der Waals surface area contributed by atoms with Crippen molar-refractivity contribution in [3.63, 3.8) is 0 Å². The Morgan fingerprint density at radius 1 is 1.23 bits per heavy atom. The summed E-state index contributed by atoms with van der Waals surface area (Å²) in [6.45, 7) is 0.285. The lowest BCUT2D eigenvalue weighted by Crippen LogP contribution is -2.27. The van der Waals surface area contributed by atoms with E-state index in [-0.39, 0.29) is 24.6 Å². The molecule has 0 unspecified atom stereocenters. The predicted molar refractivity (Wildman–Crippen MR) is 71.5 cm³/mol. The number of nitrogens with two attached hydrogens (primary N) is 1. The molecule has 0 radical (unpaired) electrons. The Bertz CT molecular complexity index is 745. The van der Waals surface area contributed by atoms with Crippen LogP contribution in [-0.4, -0.2) is 20.8 Å². The van der Waals surface area contributed by atoms with E-state index in [0.29, 0.717) is 11.3 Å². The number of hydrogen-bond donors (Lipinski definition) is 1. The van der Waals surface area contributed by atoms with Gasteiger partial charge in [-0.25, -0.2) is 9.97 Å². The smallest absolute Gasteiger partial charge is 0.368 e. The molecule has 0 spiro atoms. The summed E-state index contributed by atoms with van der Waals surface area (Å²) in [6, 6.07) is 4.73. The number of carbonyl (C=O) groups excluding carboxylic acids is 1. The van der Waals surface area contributed by atoms with Crippen molar-refractivity contribution in [2.24, 2.45) is 0 Å². The van der Waals surface area contributed by atoms with E-state index in [1.54, 1.807) is 0 Å². The lowest BCUT2D eigenvalue weighted by Gasteiger charge is -2.18. The molecule has 1 amide bonds. The Morgan fingerprint density at radius 2 is 1.95 bits per heavy atom. The van der Waals surface area contributed by atoms with Gasteiger partial charge in [-0.05, 0) is 12.1 Å².